The lowest BCUT2D eigenvalue weighted by Crippen LogP contribution is -2.40. The van der Waals surface area contributed by atoms with Gasteiger partial charge in [0, 0.05) is 10.4 Å². The molecule has 1 aromatic carbocycles. The van der Waals surface area contributed by atoms with Gasteiger partial charge in [0.15, 0.2) is 4.80 Å². The third-order valence-electron chi connectivity index (χ3n) is 4.91. The van der Waals surface area contributed by atoms with Crippen LogP contribution in [0.25, 0.3) is 6.08 Å². The van der Waals surface area contributed by atoms with Crippen molar-refractivity contribution in [3.8, 4) is 5.75 Å². The van der Waals surface area contributed by atoms with Gasteiger partial charge in [-0.05, 0) is 51.3 Å². The zero-order valence-electron chi connectivity index (χ0n) is 18.3. The highest BCUT2D eigenvalue weighted by Crippen LogP contribution is 2.36. The molecule has 0 aliphatic carbocycles. The number of hydrogen-bond acceptors (Lipinski definition) is 7. The number of thiazole rings is 1. The summed E-state index contributed by atoms with van der Waals surface area (Å²) in [7, 11) is 0. The molecule has 3 aromatic rings. The number of carbonyl (C=O) groups excluding carboxylic acids is 1. The second-order valence-corrected chi connectivity index (χ2v) is 9.51. The Morgan fingerprint density at radius 1 is 1.25 bits per heavy atom. The summed E-state index contributed by atoms with van der Waals surface area (Å²) in [4.78, 5) is 32.7. The second kappa shape index (κ2) is 9.26. The number of ether oxygens (including phenoxy) is 2. The molecular formula is C24H24N2O4S2. The van der Waals surface area contributed by atoms with Crippen LogP contribution in [0.3, 0.4) is 0 Å². The van der Waals surface area contributed by atoms with E-state index in [0.717, 1.165) is 10.4 Å². The van der Waals surface area contributed by atoms with Crippen LogP contribution in [0.1, 0.15) is 44.2 Å². The quantitative estimate of drug-likeness (QED) is 0.518. The summed E-state index contributed by atoms with van der Waals surface area (Å²) < 4.78 is 13.6. The van der Waals surface area contributed by atoms with Crippen molar-refractivity contribution in [2.24, 2.45) is 4.99 Å². The van der Waals surface area contributed by atoms with E-state index in [4.69, 9.17) is 9.47 Å². The van der Waals surface area contributed by atoms with Crippen molar-refractivity contribution in [3.63, 3.8) is 0 Å². The van der Waals surface area contributed by atoms with Crippen LogP contribution in [0, 0.1) is 0 Å². The van der Waals surface area contributed by atoms with Crippen molar-refractivity contribution >= 4 is 34.7 Å². The van der Waals surface area contributed by atoms with Crippen LogP contribution in [0.2, 0.25) is 0 Å². The van der Waals surface area contributed by atoms with Crippen LogP contribution in [0.5, 0.6) is 5.75 Å². The van der Waals surface area contributed by atoms with E-state index in [1.807, 2.05) is 61.7 Å². The number of rotatable bonds is 6. The predicted octanol–water partition coefficient (Wildman–Crippen LogP) is 3.65. The third kappa shape index (κ3) is 4.20. The number of hydrogen-bond donors (Lipinski definition) is 0. The van der Waals surface area contributed by atoms with Gasteiger partial charge in [-0.3, -0.25) is 9.36 Å². The Labute approximate surface area is 193 Å². The fraction of sp³-hybridized carbons (Fsp3) is 0.292. The van der Waals surface area contributed by atoms with Crippen LogP contribution in [0.4, 0.5) is 0 Å². The highest BCUT2D eigenvalue weighted by Gasteiger charge is 2.35. The summed E-state index contributed by atoms with van der Waals surface area (Å²) in [5.41, 5.74) is 1.42. The van der Waals surface area contributed by atoms with E-state index in [9.17, 15) is 9.59 Å². The van der Waals surface area contributed by atoms with Gasteiger partial charge in [0.1, 0.15) is 11.8 Å². The number of para-hydroxylation sites is 1. The zero-order chi connectivity index (χ0) is 22.8. The maximum Gasteiger partial charge on any atom is 0.338 e. The lowest BCUT2D eigenvalue weighted by molar-refractivity contribution is -0.139. The first-order chi connectivity index (χ1) is 15.4. The lowest BCUT2D eigenvalue weighted by Gasteiger charge is -2.26. The highest BCUT2D eigenvalue weighted by molar-refractivity contribution is 7.11. The summed E-state index contributed by atoms with van der Waals surface area (Å²) in [5.74, 6) is 0.141. The average molecular weight is 469 g/mol. The fourth-order valence-corrected chi connectivity index (χ4v) is 5.43. The van der Waals surface area contributed by atoms with Gasteiger partial charge in [-0.15, -0.1) is 11.3 Å². The summed E-state index contributed by atoms with van der Waals surface area (Å²) >= 11 is 2.88. The van der Waals surface area contributed by atoms with E-state index in [2.05, 4.69) is 4.99 Å². The molecule has 0 amide bonds. The Kier molecular flexibility index (Phi) is 6.43. The Morgan fingerprint density at radius 2 is 2.03 bits per heavy atom. The summed E-state index contributed by atoms with van der Waals surface area (Å²) in [6, 6.07) is 10.7. The van der Waals surface area contributed by atoms with Crippen LogP contribution in [-0.4, -0.2) is 23.2 Å². The third-order valence-corrected chi connectivity index (χ3v) is 6.71. The number of benzene rings is 1. The molecule has 1 unspecified atom stereocenters. The van der Waals surface area contributed by atoms with Crippen LogP contribution >= 0.6 is 22.7 Å². The monoisotopic (exact) mass is 468 g/mol. The summed E-state index contributed by atoms with van der Waals surface area (Å²) in [6.45, 7) is 7.65. The molecule has 0 spiro atoms. The zero-order valence-corrected chi connectivity index (χ0v) is 20.0. The number of allylic oxidation sites excluding steroid dienone is 1. The summed E-state index contributed by atoms with van der Waals surface area (Å²) in [6.07, 6.45) is 1.80. The summed E-state index contributed by atoms with van der Waals surface area (Å²) in [5, 5.41) is 1.97. The molecule has 32 heavy (non-hydrogen) atoms. The fourth-order valence-electron chi connectivity index (χ4n) is 3.66. The lowest BCUT2D eigenvalue weighted by atomic mass is 9.95. The van der Waals surface area contributed by atoms with Crippen molar-refractivity contribution in [2.45, 2.75) is 39.8 Å². The molecule has 1 aliphatic rings. The first-order valence-corrected chi connectivity index (χ1v) is 12.1. The molecule has 1 atom stereocenters. The standard InChI is InChI=1S/C24H24N2O4S2/c1-5-29-23(28)20-15(4)25-24-26(22(27)19(32-24)13-16-9-8-12-31-16)21(20)17-10-6-7-11-18(17)30-14(2)3/h6-14,21H,5H2,1-4H3. The minimum Gasteiger partial charge on any atom is -0.491 e. The molecule has 0 fully saturated rings. The van der Waals surface area contributed by atoms with Crippen molar-refractivity contribution in [3.05, 3.63) is 83.2 Å². The first kappa shape index (κ1) is 22.2. The van der Waals surface area contributed by atoms with E-state index in [-0.39, 0.29) is 18.3 Å². The number of esters is 1. The number of fused-ring (bicyclic) bond motifs is 1. The number of nitrogens with zero attached hydrogens (tertiary/aromatic N) is 2. The Morgan fingerprint density at radius 3 is 2.72 bits per heavy atom. The topological polar surface area (TPSA) is 69.9 Å². The number of aromatic nitrogens is 1. The van der Waals surface area contributed by atoms with Crippen molar-refractivity contribution in [1.82, 2.24) is 4.57 Å². The molecule has 0 N–H and O–H groups in total. The Hall–Kier alpha value is -2.97. The van der Waals surface area contributed by atoms with E-state index >= 15 is 0 Å². The molecule has 0 saturated heterocycles. The normalized spacial score (nSPS) is 16.2. The van der Waals surface area contributed by atoms with Crippen molar-refractivity contribution in [2.75, 3.05) is 6.61 Å². The SMILES string of the molecule is CCOC(=O)C1=C(C)N=c2sc(=Cc3cccs3)c(=O)n2C1c1ccccc1OC(C)C. The molecule has 166 valence electrons. The van der Waals surface area contributed by atoms with Crippen LogP contribution < -0.4 is 19.6 Å². The Balaban J connectivity index is 1.99. The van der Waals surface area contributed by atoms with E-state index in [1.165, 1.54) is 11.3 Å². The van der Waals surface area contributed by atoms with Crippen molar-refractivity contribution < 1.29 is 14.3 Å². The molecule has 0 radical (unpaired) electrons. The molecule has 0 bridgehead atoms. The second-order valence-electron chi connectivity index (χ2n) is 7.52. The largest absolute Gasteiger partial charge is 0.491 e. The van der Waals surface area contributed by atoms with Gasteiger partial charge in [-0.1, -0.05) is 35.6 Å². The molecule has 1 aliphatic heterocycles. The predicted molar refractivity (Wildman–Crippen MR) is 127 cm³/mol. The van der Waals surface area contributed by atoms with Gasteiger partial charge < -0.3 is 9.47 Å². The van der Waals surface area contributed by atoms with E-state index in [0.29, 0.717) is 26.4 Å². The molecule has 2 aromatic heterocycles. The number of carbonyl (C=O) groups is 1. The minimum absolute atomic E-state index is 0.0677. The number of thiophene rings is 1. The van der Waals surface area contributed by atoms with Gasteiger partial charge in [-0.25, -0.2) is 9.79 Å². The first-order valence-electron chi connectivity index (χ1n) is 10.4. The van der Waals surface area contributed by atoms with Gasteiger partial charge >= 0.3 is 5.97 Å². The maximum absolute atomic E-state index is 13.6. The average Bonchev–Trinajstić information content (AvgIpc) is 3.36. The van der Waals surface area contributed by atoms with Gasteiger partial charge in [-0.2, -0.15) is 0 Å². The molecule has 4 rings (SSSR count). The maximum atomic E-state index is 13.6. The van der Waals surface area contributed by atoms with Crippen molar-refractivity contribution in [1.29, 1.82) is 0 Å². The molecule has 8 heteroatoms. The van der Waals surface area contributed by atoms with E-state index < -0.39 is 12.0 Å². The highest BCUT2D eigenvalue weighted by atomic mass is 32.1. The molecule has 0 saturated carbocycles. The Bertz CT molecular complexity index is 1350. The molecule has 3 heterocycles. The van der Waals surface area contributed by atoms with Crippen LogP contribution in [0.15, 0.2) is 62.8 Å². The minimum atomic E-state index is -0.689. The van der Waals surface area contributed by atoms with Gasteiger partial charge in [0.05, 0.1) is 28.5 Å². The van der Waals surface area contributed by atoms with E-state index in [1.54, 1.807) is 29.8 Å². The molecular weight excluding hydrogens is 444 g/mol. The van der Waals surface area contributed by atoms with Gasteiger partial charge in [0.2, 0.25) is 0 Å². The van der Waals surface area contributed by atoms with Crippen LogP contribution in [-0.2, 0) is 9.53 Å². The van der Waals surface area contributed by atoms with Gasteiger partial charge in [0.25, 0.3) is 5.56 Å². The smallest absolute Gasteiger partial charge is 0.338 e. The molecule has 6 nitrogen and oxygen atoms in total.